The summed E-state index contributed by atoms with van der Waals surface area (Å²) in [5, 5.41) is 3.34. The molecule has 0 radical (unpaired) electrons. The summed E-state index contributed by atoms with van der Waals surface area (Å²) in [7, 11) is 0. The second-order valence-corrected chi connectivity index (χ2v) is 6.24. The fraction of sp³-hybridized carbons (Fsp3) is 0.100. The van der Waals surface area contributed by atoms with Gasteiger partial charge in [0, 0.05) is 11.2 Å². The summed E-state index contributed by atoms with van der Waals surface area (Å²) >= 11 is 12.1. The number of nitrogens with zero attached hydrogens (tertiary/aromatic N) is 1. The third-order valence-electron chi connectivity index (χ3n) is 3.56. The standard InChI is InChI=1S/C20H16Cl2N2O3/c1-2-26-14-6-8-15(9-7-14)27-18-10-5-13(21)12-17(18)24-20(25)16-4-3-11-23-19(16)22/h3-12H,2H2,1H3,(H,24,25). The van der Waals surface area contributed by atoms with Crippen LogP contribution in [0, 0.1) is 0 Å². The first-order valence-corrected chi connectivity index (χ1v) is 8.94. The minimum absolute atomic E-state index is 0.117. The maximum Gasteiger partial charge on any atom is 0.258 e. The highest BCUT2D eigenvalue weighted by molar-refractivity contribution is 6.33. The molecule has 0 atom stereocenters. The molecule has 0 spiro atoms. The van der Waals surface area contributed by atoms with Crippen LogP contribution in [-0.2, 0) is 0 Å². The zero-order valence-corrected chi connectivity index (χ0v) is 15.9. The van der Waals surface area contributed by atoms with E-state index < -0.39 is 5.91 Å². The molecule has 1 aromatic heterocycles. The van der Waals surface area contributed by atoms with Gasteiger partial charge in [-0.2, -0.15) is 0 Å². The van der Waals surface area contributed by atoms with Gasteiger partial charge in [-0.1, -0.05) is 23.2 Å². The largest absolute Gasteiger partial charge is 0.494 e. The van der Waals surface area contributed by atoms with Gasteiger partial charge in [-0.3, -0.25) is 4.79 Å². The van der Waals surface area contributed by atoms with Crippen molar-refractivity contribution < 1.29 is 14.3 Å². The number of aromatic nitrogens is 1. The number of hydrogen-bond acceptors (Lipinski definition) is 4. The van der Waals surface area contributed by atoms with E-state index in [4.69, 9.17) is 32.7 Å². The molecular weight excluding hydrogens is 387 g/mol. The van der Waals surface area contributed by atoms with Crippen molar-refractivity contribution in [3.63, 3.8) is 0 Å². The van der Waals surface area contributed by atoms with Crippen molar-refractivity contribution >= 4 is 34.8 Å². The SMILES string of the molecule is CCOc1ccc(Oc2ccc(Cl)cc2NC(=O)c2cccnc2Cl)cc1. The molecule has 0 saturated heterocycles. The van der Waals surface area contributed by atoms with Crippen LogP contribution in [0.1, 0.15) is 17.3 Å². The lowest BCUT2D eigenvalue weighted by atomic mass is 10.2. The molecule has 0 aliphatic heterocycles. The van der Waals surface area contributed by atoms with Gasteiger partial charge in [0.1, 0.15) is 16.7 Å². The predicted molar refractivity (Wildman–Crippen MR) is 106 cm³/mol. The second-order valence-electron chi connectivity index (χ2n) is 5.44. The molecule has 5 nitrogen and oxygen atoms in total. The van der Waals surface area contributed by atoms with Gasteiger partial charge in [-0.15, -0.1) is 0 Å². The van der Waals surface area contributed by atoms with Crippen molar-refractivity contribution in [1.82, 2.24) is 4.98 Å². The van der Waals surface area contributed by atoms with Gasteiger partial charge in [-0.05, 0) is 61.5 Å². The first-order valence-electron chi connectivity index (χ1n) is 8.19. The highest BCUT2D eigenvalue weighted by Crippen LogP contribution is 2.33. The highest BCUT2D eigenvalue weighted by atomic mass is 35.5. The zero-order valence-electron chi connectivity index (χ0n) is 14.4. The van der Waals surface area contributed by atoms with Gasteiger partial charge in [0.2, 0.25) is 0 Å². The Bertz CT molecular complexity index is 946. The van der Waals surface area contributed by atoms with Crippen molar-refractivity contribution in [2.75, 3.05) is 11.9 Å². The van der Waals surface area contributed by atoms with E-state index in [1.807, 2.05) is 19.1 Å². The number of nitrogens with one attached hydrogen (secondary N) is 1. The Balaban J connectivity index is 1.82. The van der Waals surface area contributed by atoms with E-state index in [1.54, 1.807) is 42.5 Å². The molecule has 3 aromatic rings. The van der Waals surface area contributed by atoms with E-state index in [1.165, 1.54) is 6.20 Å². The number of carbonyl (C=O) groups is 1. The van der Waals surface area contributed by atoms with E-state index in [-0.39, 0.29) is 10.7 Å². The smallest absolute Gasteiger partial charge is 0.258 e. The average molecular weight is 403 g/mol. The summed E-state index contributed by atoms with van der Waals surface area (Å²) in [5.74, 6) is 1.38. The topological polar surface area (TPSA) is 60.5 Å². The van der Waals surface area contributed by atoms with Crippen LogP contribution in [0.5, 0.6) is 17.2 Å². The number of pyridine rings is 1. The molecule has 0 aliphatic carbocycles. The van der Waals surface area contributed by atoms with Gasteiger partial charge in [0.15, 0.2) is 5.75 Å². The summed E-state index contributed by atoms with van der Waals surface area (Å²) in [4.78, 5) is 16.4. The van der Waals surface area contributed by atoms with Crippen LogP contribution >= 0.6 is 23.2 Å². The Morgan fingerprint density at radius 3 is 2.52 bits per heavy atom. The molecule has 7 heteroatoms. The molecule has 3 rings (SSSR count). The van der Waals surface area contributed by atoms with E-state index in [9.17, 15) is 4.79 Å². The number of benzene rings is 2. The van der Waals surface area contributed by atoms with Gasteiger partial charge < -0.3 is 14.8 Å². The second kappa shape index (κ2) is 8.75. The van der Waals surface area contributed by atoms with Crippen LogP contribution in [0.3, 0.4) is 0 Å². The lowest BCUT2D eigenvalue weighted by molar-refractivity contribution is 0.102. The first kappa shape index (κ1) is 19.0. The van der Waals surface area contributed by atoms with E-state index in [2.05, 4.69) is 10.3 Å². The molecule has 0 bridgehead atoms. The average Bonchev–Trinajstić information content (AvgIpc) is 2.66. The highest BCUT2D eigenvalue weighted by Gasteiger charge is 2.14. The van der Waals surface area contributed by atoms with Crippen LogP contribution < -0.4 is 14.8 Å². The number of halogens is 2. The van der Waals surface area contributed by atoms with Crippen LogP contribution in [0.2, 0.25) is 10.2 Å². The van der Waals surface area contributed by atoms with Crippen molar-refractivity contribution in [3.8, 4) is 17.2 Å². The summed E-state index contributed by atoms with van der Waals surface area (Å²) in [5.41, 5.74) is 0.674. The number of carbonyl (C=O) groups excluding carboxylic acids is 1. The Kier molecular flexibility index (Phi) is 6.16. The first-order chi connectivity index (χ1) is 13.1. The molecule has 1 N–H and O–H groups in total. The molecule has 27 heavy (non-hydrogen) atoms. The number of hydrogen-bond donors (Lipinski definition) is 1. The maximum atomic E-state index is 12.5. The normalized spacial score (nSPS) is 10.3. The summed E-state index contributed by atoms with van der Waals surface area (Å²) < 4.78 is 11.3. The summed E-state index contributed by atoms with van der Waals surface area (Å²) in [6.45, 7) is 2.51. The molecule has 138 valence electrons. The number of amides is 1. The van der Waals surface area contributed by atoms with Gasteiger partial charge >= 0.3 is 0 Å². The van der Waals surface area contributed by atoms with Crippen LogP contribution in [0.15, 0.2) is 60.8 Å². The lowest BCUT2D eigenvalue weighted by Crippen LogP contribution is -2.13. The molecule has 0 unspecified atom stereocenters. The lowest BCUT2D eigenvalue weighted by Gasteiger charge is -2.13. The quantitative estimate of drug-likeness (QED) is 0.526. The fourth-order valence-electron chi connectivity index (χ4n) is 2.33. The van der Waals surface area contributed by atoms with Crippen LogP contribution in [-0.4, -0.2) is 17.5 Å². The Morgan fingerprint density at radius 2 is 1.81 bits per heavy atom. The van der Waals surface area contributed by atoms with Crippen molar-refractivity contribution in [1.29, 1.82) is 0 Å². The van der Waals surface area contributed by atoms with Crippen LogP contribution in [0.25, 0.3) is 0 Å². The maximum absolute atomic E-state index is 12.5. The van der Waals surface area contributed by atoms with E-state index >= 15 is 0 Å². The van der Waals surface area contributed by atoms with Crippen molar-refractivity contribution in [2.45, 2.75) is 6.92 Å². The third-order valence-corrected chi connectivity index (χ3v) is 4.09. The number of ether oxygens (including phenoxy) is 2. The third kappa shape index (κ3) is 4.90. The molecule has 2 aromatic carbocycles. The molecule has 1 amide bonds. The van der Waals surface area contributed by atoms with E-state index in [0.717, 1.165) is 5.75 Å². The molecule has 0 aliphatic rings. The fourth-order valence-corrected chi connectivity index (χ4v) is 2.71. The zero-order chi connectivity index (χ0) is 19.2. The van der Waals surface area contributed by atoms with Gasteiger partial charge in [0.25, 0.3) is 5.91 Å². The summed E-state index contributed by atoms with van der Waals surface area (Å²) in [6.07, 6.45) is 1.51. The Morgan fingerprint density at radius 1 is 1.07 bits per heavy atom. The van der Waals surface area contributed by atoms with Gasteiger partial charge in [0.05, 0.1) is 17.9 Å². The minimum Gasteiger partial charge on any atom is -0.494 e. The van der Waals surface area contributed by atoms with Crippen molar-refractivity contribution in [3.05, 3.63) is 76.5 Å². The summed E-state index contributed by atoms with van der Waals surface area (Å²) in [6, 6.07) is 15.4. The molecule has 0 fully saturated rings. The number of rotatable bonds is 6. The molecule has 0 saturated carbocycles. The number of anilines is 1. The predicted octanol–water partition coefficient (Wildman–Crippen LogP) is 5.83. The molecular formula is C20H16Cl2N2O3. The minimum atomic E-state index is -0.410. The van der Waals surface area contributed by atoms with Crippen molar-refractivity contribution in [2.24, 2.45) is 0 Å². The Labute approximate surface area is 166 Å². The van der Waals surface area contributed by atoms with Crippen LogP contribution in [0.4, 0.5) is 5.69 Å². The van der Waals surface area contributed by atoms with Gasteiger partial charge in [-0.25, -0.2) is 4.98 Å². The molecule has 1 heterocycles. The monoisotopic (exact) mass is 402 g/mol. The Hall–Kier alpha value is -2.76. The van der Waals surface area contributed by atoms with E-state index in [0.29, 0.717) is 28.8 Å².